The maximum atomic E-state index is 9.51. The van der Waals surface area contributed by atoms with E-state index >= 15 is 0 Å². The normalized spacial score (nSPS) is 10.3. The highest BCUT2D eigenvalue weighted by Gasteiger charge is 2.16. The monoisotopic (exact) mass is 324 g/mol. The van der Waals surface area contributed by atoms with Gasteiger partial charge in [0.25, 0.3) is 0 Å². The molecule has 0 aliphatic heterocycles. The van der Waals surface area contributed by atoms with E-state index in [1.165, 1.54) is 28.7 Å². The average Bonchev–Trinajstić information content (AvgIpc) is 3.07. The molecule has 0 unspecified atom stereocenters. The second-order valence-corrected chi connectivity index (χ2v) is 6.39. The van der Waals surface area contributed by atoms with Crippen molar-refractivity contribution in [1.29, 1.82) is 5.26 Å². The third kappa shape index (κ3) is 3.11. The van der Waals surface area contributed by atoms with Crippen LogP contribution in [0.4, 0.5) is 5.95 Å². The first-order chi connectivity index (χ1) is 10.8. The van der Waals surface area contributed by atoms with Crippen LogP contribution >= 0.6 is 23.1 Å². The lowest BCUT2D eigenvalue weighted by Crippen LogP contribution is -2.01. The summed E-state index contributed by atoms with van der Waals surface area (Å²) in [4.78, 5) is 9.41. The number of benzene rings is 1. The zero-order valence-electron chi connectivity index (χ0n) is 11.6. The molecule has 0 saturated carbocycles. The number of nitrogens with zero attached hydrogens (tertiary/aromatic N) is 3. The Kier molecular flexibility index (Phi) is 4.37. The van der Waals surface area contributed by atoms with E-state index in [-0.39, 0.29) is 5.95 Å². The van der Waals surface area contributed by atoms with Crippen molar-refractivity contribution >= 4 is 29.0 Å². The maximum Gasteiger partial charge on any atom is 0.221 e. The number of hydrogen-bond acceptors (Lipinski definition) is 6. The van der Waals surface area contributed by atoms with E-state index in [2.05, 4.69) is 16.0 Å². The number of hydrogen-bond donors (Lipinski definition) is 1. The molecule has 0 amide bonds. The van der Waals surface area contributed by atoms with Gasteiger partial charge in [-0.2, -0.15) is 5.26 Å². The van der Waals surface area contributed by atoms with Crippen LogP contribution in [0.5, 0.6) is 0 Å². The minimum Gasteiger partial charge on any atom is -0.368 e. The van der Waals surface area contributed by atoms with Gasteiger partial charge in [-0.1, -0.05) is 36.4 Å². The van der Waals surface area contributed by atoms with Gasteiger partial charge in [-0.15, -0.1) is 23.1 Å². The van der Waals surface area contributed by atoms with Crippen LogP contribution in [0.25, 0.3) is 10.6 Å². The molecular formula is C16H12N4S2. The van der Waals surface area contributed by atoms with E-state index in [1.54, 1.807) is 0 Å². The molecule has 0 spiro atoms. The largest absolute Gasteiger partial charge is 0.368 e. The fourth-order valence-electron chi connectivity index (χ4n) is 1.98. The molecule has 1 aromatic carbocycles. The van der Waals surface area contributed by atoms with Crippen LogP contribution in [-0.4, -0.2) is 9.97 Å². The Hall–Kier alpha value is -2.36. The summed E-state index contributed by atoms with van der Waals surface area (Å²) in [6.45, 7) is 0. The lowest BCUT2D eigenvalue weighted by atomic mass is 10.2. The summed E-state index contributed by atoms with van der Waals surface area (Å²) in [5.41, 5.74) is 8.09. The van der Waals surface area contributed by atoms with Gasteiger partial charge in [-0.05, 0) is 17.0 Å². The van der Waals surface area contributed by atoms with E-state index in [4.69, 9.17) is 5.73 Å². The predicted octanol–water partition coefficient (Wildman–Crippen LogP) is 3.95. The van der Waals surface area contributed by atoms with Crippen molar-refractivity contribution in [3.63, 3.8) is 0 Å². The molecule has 2 heterocycles. The van der Waals surface area contributed by atoms with Gasteiger partial charge in [-0.3, -0.25) is 0 Å². The van der Waals surface area contributed by atoms with E-state index in [0.29, 0.717) is 16.3 Å². The lowest BCUT2D eigenvalue weighted by Gasteiger charge is -2.08. The van der Waals surface area contributed by atoms with Gasteiger partial charge >= 0.3 is 0 Å². The number of nitriles is 1. The fourth-order valence-corrected chi connectivity index (χ4v) is 3.64. The third-order valence-electron chi connectivity index (χ3n) is 2.98. The second kappa shape index (κ2) is 6.60. The minimum atomic E-state index is 0.193. The maximum absolute atomic E-state index is 9.51. The SMILES string of the molecule is N#Cc1c(SCc2ccccc2)nc(N)nc1-c1cccs1. The van der Waals surface area contributed by atoms with E-state index in [0.717, 1.165) is 10.6 Å². The fraction of sp³-hybridized carbons (Fsp3) is 0.0625. The third-order valence-corrected chi connectivity index (χ3v) is 4.90. The second-order valence-electron chi connectivity index (χ2n) is 4.47. The van der Waals surface area contributed by atoms with Crippen molar-refractivity contribution < 1.29 is 0 Å². The van der Waals surface area contributed by atoms with E-state index < -0.39 is 0 Å². The molecule has 0 bridgehead atoms. The van der Waals surface area contributed by atoms with Gasteiger partial charge in [0.05, 0.1) is 4.88 Å². The van der Waals surface area contributed by atoms with Crippen LogP contribution in [0.2, 0.25) is 0 Å². The van der Waals surface area contributed by atoms with Crippen molar-refractivity contribution in [2.24, 2.45) is 0 Å². The molecule has 4 nitrogen and oxygen atoms in total. The zero-order valence-corrected chi connectivity index (χ0v) is 13.2. The van der Waals surface area contributed by atoms with Crippen LogP contribution in [0.15, 0.2) is 52.9 Å². The number of anilines is 1. The molecule has 2 N–H and O–H groups in total. The predicted molar refractivity (Wildman–Crippen MR) is 90.5 cm³/mol. The molecule has 3 aromatic rings. The van der Waals surface area contributed by atoms with Gasteiger partial charge in [0.1, 0.15) is 22.4 Å². The number of rotatable bonds is 4. The Morgan fingerprint density at radius 3 is 2.64 bits per heavy atom. The first-order valence-electron chi connectivity index (χ1n) is 6.56. The van der Waals surface area contributed by atoms with Crippen LogP contribution < -0.4 is 5.73 Å². The average molecular weight is 324 g/mol. The van der Waals surface area contributed by atoms with Crippen molar-refractivity contribution in [1.82, 2.24) is 9.97 Å². The Balaban J connectivity index is 1.96. The molecule has 0 aliphatic rings. The van der Waals surface area contributed by atoms with Gasteiger partial charge in [0.2, 0.25) is 5.95 Å². The van der Waals surface area contributed by atoms with Gasteiger partial charge in [0, 0.05) is 5.75 Å². The summed E-state index contributed by atoms with van der Waals surface area (Å²) in [6, 6.07) is 16.1. The van der Waals surface area contributed by atoms with Crippen LogP contribution in [0, 0.1) is 11.3 Å². The molecule has 2 aromatic heterocycles. The molecule has 22 heavy (non-hydrogen) atoms. The van der Waals surface area contributed by atoms with E-state index in [1.807, 2.05) is 47.8 Å². The highest BCUT2D eigenvalue weighted by atomic mass is 32.2. The summed E-state index contributed by atoms with van der Waals surface area (Å²) >= 11 is 3.03. The van der Waals surface area contributed by atoms with Crippen LogP contribution in [-0.2, 0) is 5.75 Å². The number of thiophene rings is 1. The van der Waals surface area contributed by atoms with Crippen molar-refractivity contribution in [2.75, 3.05) is 5.73 Å². The van der Waals surface area contributed by atoms with Gasteiger partial charge < -0.3 is 5.73 Å². The highest BCUT2D eigenvalue weighted by Crippen LogP contribution is 2.33. The summed E-state index contributed by atoms with van der Waals surface area (Å²) in [5.74, 6) is 0.925. The Labute approximate surface area is 136 Å². The molecule has 0 saturated heterocycles. The quantitative estimate of drug-likeness (QED) is 0.581. The Morgan fingerprint density at radius 1 is 1.14 bits per heavy atom. The molecular weight excluding hydrogens is 312 g/mol. The smallest absolute Gasteiger partial charge is 0.221 e. The Morgan fingerprint density at radius 2 is 1.95 bits per heavy atom. The molecule has 0 fully saturated rings. The molecule has 0 atom stereocenters. The number of aromatic nitrogens is 2. The van der Waals surface area contributed by atoms with E-state index in [9.17, 15) is 5.26 Å². The summed E-state index contributed by atoms with van der Waals surface area (Å²) < 4.78 is 0. The molecule has 6 heteroatoms. The molecule has 108 valence electrons. The Bertz CT molecular complexity index is 808. The first kappa shape index (κ1) is 14.6. The molecule has 3 rings (SSSR count). The molecule has 0 aliphatic carbocycles. The van der Waals surface area contributed by atoms with Gasteiger partial charge in [0.15, 0.2) is 0 Å². The van der Waals surface area contributed by atoms with Crippen molar-refractivity contribution in [2.45, 2.75) is 10.8 Å². The lowest BCUT2D eigenvalue weighted by molar-refractivity contribution is 1.05. The first-order valence-corrected chi connectivity index (χ1v) is 8.42. The summed E-state index contributed by atoms with van der Waals surface area (Å²) in [6.07, 6.45) is 0. The minimum absolute atomic E-state index is 0.193. The number of nitrogens with two attached hydrogens (primary N) is 1. The zero-order chi connectivity index (χ0) is 15.4. The summed E-state index contributed by atoms with van der Waals surface area (Å²) in [5, 5.41) is 12.1. The summed E-state index contributed by atoms with van der Waals surface area (Å²) in [7, 11) is 0. The van der Waals surface area contributed by atoms with Crippen molar-refractivity contribution in [3.05, 3.63) is 59.0 Å². The van der Waals surface area contributed by atoms with Gasteiger partial charge in [-0.25, -0.2) is 9.97 Å². The number of thioether (sulfide) groups is 1. The van der Waals surface area contributed by atoms with Crippen LogP contribution in [0.1, 0.15) is 11.1 Å². The number of nitrogen functional groups attached to an aromatic ring is 1. The standard InChI is InChI=1S/C16H12N4S2/c17-9-12-14(13-7-4-8-21-13)19-16(18)20-15(12)22-10-11-5-2-1-3-6-11/h1-8H,10H2,(H2,18,19,20). The molecule has 0 radical (unpaired) electrons. The topological polar surface area (TPSA) is 75.6 Å². The van der Waals surface area contributed by atoms with Crippen LogP contribution in [0.3, 0.4) is 0 Å². The van der Waals surface area contributed by atoms with Crippen molar-refractivity contribution in [3.8, 4) is 16.6 Å². The highest BCUT2D eigenvalue weighted by molar-refractivity contribution is 7.98.